The van der Waals surface area contributed by atoms with Crippen LogP contribution in [0.25, 0.3) is 0 Å². The van der Waals surface area contributed by atoms with Gasteiger partial charge in [0.2, 0.25) is 5.91 Å². The van der Waals surface area contributed by atoms with Gasteiger partial charge in [0.25, 0.3) is 0 Å². The van der Waals surface area contributed by atoms with Gasteiger partial charge in [-0.15, -0.1) is 11.3 Å². The predicted octanol–water partition coefficient (Wildman–Crippen LogP) is 4.95. The molecule has 1 N–H and O–H groups in total. The Hall–Kier alpha value is -1.36. The summed E-state index contributed by atoms with van der Waals surface area (Å²) >= 11 is 1.52. The van der Waals surface area contributed by atoms with Gasteiger partial charge in [-0.1, -0.05) is 13.3 Å². The number of carbonyl (C=O) groups is 2. The average Bonchev–Trinajstić information content (AvgIpc) is 2.89. The fourth-order valence-corrected chi connectivity index (χ4v) is 7.25. The van der Waals surface area contributed by atoms with Crippen molar-refractivity contribution in [1.29, 1.82) is 0 Å². The van der Waals surface area contributed by atoms with Crippen molar-refractivity contribution in [1.82, 2.24) is 0 Å². The van der Waals surface area contributed by atoms with E-state index in [0.717, 1.165) is 60.3 Å². The summed E-state index contributed by atoms with van der Waals surface area (Å²) in [4.78, 5) is 26.9. The fraction of sp³-hybridized carbons (Fsp3) is 0.714. The Bertz CT molecular complexity index is 701. The van der Waals surface area contributed by atoms with Gasteiger partial charge in [-0.2, -0.15) is 0 Å². The molecule has 142 valence electrons. The molecule has 5 rings (SSSR count). The molecular formula is C21H29NO3S. The number of nitrogens with one attached hydrogen (secondary N) is 1. The fourth-order valence-electron chi connectivity index (χ4n) is 6.16. The molecule has 1 aromatic heterocycles. The van der Waals surface area contributed by atoms with Crippen LogP contribution in [0.15, 0.2) is 0 Å². The number of ether oxygens (including phenoxy) is 1. The SMILES string of the molecule is CCCc1c(C)sc(NC(=O)C23CC4CC(CC(C4)C2)C3)c1C(=O)OC. The maximum atomic E-state index is 13.4. The van der Waals surface area contributed by atoms with Gasteiger partial charge >= 0.3 is 5.97 Å². The van der Waals surface area contributed by atoms with Crippen molar-refractivity contribution in [2.75, 3.05) is 12.4 Å². The molecule has 0 aliphatic heterocycles. The van der Waals surface area contributed by atoms with E-state index in [2.05, 4.69) is 12.2 Å². The van der Waals surface area contributed by atoms with Crippen molar-refractivity contribution in [3.05, 3.63) is 16.0 Å². The first-order valence-electron chi connectivity index (χ1n) is 9.97. The highest BCUT2D eigenvalue weighted by Crippen LogP contribution is 2.60. The van der Waals surface area contributed by atoms with Gasteiger partial charge in [0.05, 0.1) is 18.1 Å². The highest BCUT2D eigenvalue weighted by molar-refractivity contribution is 7.16. The summed E-state index contributed by atoms with van der Waals surface area (Å²) in [5.74, 6) is 2.00. The molecular weight excluding hydrogens is 346 g/mol. The lowest BCUT2D eigenvalue weighted by Crippen LogP contribution is -2.51. The largest absolute Gasteiger partial charge is 0.465 e. The number of amides is 1. The zero-order valence-corrected chi connectivity index (χ0v) is 16.8. The van der Waals surface area contributed by atoms with Gasteiger partial charge in [0.1, 0.15) is 5.00 Å². The number of anilines is 1. The summed E-state index contributed by atoms with van der Waals surface area (Å²) < 4.78 is 5.02. The van der Waals surface area contributed by atoms with Crippen LogP contribution in [0.2, 0.25) is 0 Å². The van der Waals surface area contributed by atoms with Crippen LogP contribution in [-0.4, -0.2) is 19.0 Å². The Kier molecular flexibility index (Phi) is 4.62. The Labute approximate surface area is 159 Å². The van der Waals surface area contributed by atoms with Crippen LogP contribution in [0, 0.1) is 30.1 Å². The third-order valence-electron chi connectivity index (χ3n) is 6.85. The molecule has 1 amide bonds. The number of hydrogen-bond acceptors (Lipinski definition) is 4. The van der Waals surface area contributed by atoms with Gasteiger partial charge in [-0.3, -0.25) is 4.79 Å². The van der Waals surface area contributed by atoms with Crippen LogP contribution in [0.5, 0.6) is 0 Å². The first-order valence-corrected chi connectivity index (χ1v) is 10.8. The number of rotatable bonds is 5. The number of carbonyl (C=O) groups excluding carboxylic acids is 2. The maximum absolute atomic E-state index is 13.4. The molecule has 1 aromatic rings. The zero-order chi connectivity index (χ0) is 18.5. The average molecular weight is 376 g/mol. The van der Waals surface area contributed by atoms with Crippen LogP contribution in [-0.2, 0) is 16.0 Å². The summed E-state index contributed by atoms with van der Waals surface area (Å²) in [6, 6.07) is 0. The lowest BCUT2D eigenvalue weighted by Gasteiger charge is -2.55. The summed E-state index contributed by atoms with van der Waals surface area (Å²) in [5, 5.41) is 3.87. The Morgan fingerprint density at radius 1 is 1.15 bits per heavy atom. The molecule has 4 bridgehead atoms. The third-order valence-corrected chi connectivity index (χ3v) is 7.91. The van der Waals surface area contributed by atoms with Crippen molar-refractivity contribution in [3.8, 4) is 0 Å². The van der Waals surface area contributed by atoms with E-state index in [1.807, 2.05) is 6.92 Å². The molecule has 4 aliphatic rings. The molecule has 5 heteroatoms. The summed E-state index contributed by atoms with van der Waals surface area (Å²) in [7, 11) is 1.41. The Morgan fingerprint density at radius 2 is 1.73 bits per heavy atom. The number of hydrogen-bond donors (Lipinski definition) is 1. The molecule has 0 atom stereocenters. The molecule has 4 nitrogen and oxygen atoms in total. The van der Waals surface area contributed by atoms with Gasteiger partial charge in [0, 0.05) is 4.88 Å². The van der Waals surface area contributed by atoms with Crippen LogP contribution in [0.4, 0.5) is 5.00 Å². The first kappa shape index (κ1) is 18.0. The zero-order valence-electron chi connectivity index (χ0n) is 16.0. The van der Waals surface area contributed by atoms with E-state index in [1.54, 1.807) is 0 Å². The third kappa shape index (κ3) is 2.88. The second kappa shape index (κ2) is 6.66. The minimum atomic E-state index is -0.335. The Morgan fingerprint density at radius 3 is 2.23 bits per heavy atom. The number of thiophene rings is 1. The number of methoxy groups -OCH3 is 1. The molecule has 1 heterocycles. The standard InChI is InChI=1S/C21H29NO3S/c1-4-5-16-12(2)26-18(17(16)19(23)25-3)22-20(24)21-9-13-6-14(10-21)8-15(7-13)11-21/h13-15H,4-11H2,1-3H3,(H,22,24). The lowest BCUT2D eigenvalue weighted by atomic mass is 9.49. The van der Waals surface area contributed by atoms with E-state index in [9.17, 15) is 9.59 Å². The lowest BCUT2D eigenvalue weighted by molar-refractivity contribution is -0.140. The van der Waals surface area contributed by atoms with Gasteiger partial charge < -0.3 is 10.1 Å². The van der Waals surface area contributed by atoms with E-state index in [4.69, 9.17) is 4.74 Å². The van der Waals surface area contributed by atoms with Crippen LogP contribution in [0.1, 0.15) is 72.7 Å². The van der Waals surface area contributed by atoms with Crippen molar-refractivity contribution >= 4 is 28.2 Å². The van der Waals surface area contributed by atoms with Crippen molar-refractivity contribution in [2.45, 2.75) is 65.2 Å². The van der Waals surface area contributed by atoms with Gasteiger partial charge in [-0.25, -0.2) is 4.79 Å². The van der Waals surface area contributed by atoms with E-state index < -0.39 is 0 Å². The quantitative estimate of drug-likeness (QED) is 0.741. The molecule has 26 heavy (non-hydrogen) atoms. The van der Waals surface area contributed by atoms with Crippen LogP contribution in [0.3, 0.4) is 0 Å². The first-order chi connectivity index (χ1) is 12.5. The summed E-state index contributed by atoms with van der Waals surface area (Å²) in [6.45, 7) is 4.13. The molecule has 4 aliphatic carbocycles. The maximum Gasteiger partial charge on any atom is 0.341 e. The minimum absolute atomic E-state index is 0.144. The van der Waals surface area contributed by atoms with Gasteiger partial charge in [0.15, 0.2) is 0 Å². The van der Waals surface area contributed by atoms with E-state index >= 15 is 0 Å². The smallest absolute Gasteiger partial charge is 0.341 e. The molecule has 0 unspecified atom stereocenters. The number of esters is 1. The summed E-state index contributed by atoms with van der Waals surface area (Å²) in [5.41, 5.74) is 1.41. The monoisotopic (exact) mass is 375 g/mol. The van der Waals surface area contributed by atoms with E-state index in [1.165, 1.54) is 37.7 Å². The van der Waals surface area contributed by atoms with Crippen molar-refractivity contribution in [2.24, 2.45) is 23.2 Å². The second-order valence-corrected chi connectivity index (χ2v) is 9.96. The van der Waals surface area contributed by atoms with Crippen LogP contribution < -0.4 is 5.32 Å². The van der Waals surface area contributed by atoms with E-state index in [-0.39, 0.29) is 17.3 Å². The normalized spacial score (nSPS) is 31.9. The molecule has 0 aromatic carbocycles. The molecule has 0 radical (unpaired) electrons. The Balaban J connectivity index is 1.62. The van der Waals surface area contributed by atoms with Crippen molar-refractivity contribution in [3.63, 3.8) is 0 Å². The van der Waals surface area contributed by atoms with Crippen molar-refractivity contribution < 1.29 is 14.3 Å². The van der Waals surface area contributed by atoms with E-state index in [0.29, 0.717) is 10.6 Å². The molecule has 4 saturated carbocycles. The highest BCUT2D eigenvalue weighted by atomic mass is 32.1. The minimum Gasteiger partial charge on any atom is -0.465 e. The molecule has 0 saturated heterocycles. The molecule has 0 spiro atoms. The van der Waals surface area contributed by atoms with Crippen LogP contribution >= 0.6 is 11.3 Å². The van der Waals surface area contributed by atoms with Gasteiger partial charge in [-0.05, 0) is 75.2 Å². The topological polar surface area (TPSA) is 55.4 Å². The number of aryl methyl sites for hydroxylation is 1. The molecule has 4 fully saturated rings. The second-order valence-electron chi connectivity index (χ2n) is 8.73. The highest BCUT2D eigenvalue weighted by Gasteiger charge is 2.54. The predicted molar refractivity (Wildman–Crippen MR) is 104 cm³/mol. The summed E-state index contributed by atoms with van der Waals surface area (Å²) in [6.07, 6.45) is 8.85.